The van der Waals surface area contributed by atoms with Crippen molar-refractivity contribution in [1.29, 1.82) is 0 Å². The second kappa shape index (κ2) is 4.91. The average molecular weight is 354 g/mol. The Morgan fingerprint density at radius 2 is 2.22 bits per heavy atom. The highest BCUT2D eigenvalue weighted by Crippen LogP contribution is 2.42. The van der Waals surface area contributed by atoms with Crippen molar-refractivity contribution in [2.24, 2.45) is 7.05 Å². The number of aryl methyl sites for hydroxylation is 1. The van der Waals surface area contributed by atoms with Gasteiger partial charge < -0.3 is 4.74 Å². The molecule has 1 fully saturated rings. The van der Waals surface area contributed by atoms with Crippen LogP contribution in [-0.4, -0.2) is 9.78 Å². The third-order valence-electron chi connectivity index (χ3n) is 3.23. The molecule has 0 amide bonds. The number of hydrogen-bond donors (Lipinski definition) is 0. The zero-order valence-corrected chi connectivity index (χ0v) is 12.4. The zero-order valence-electron chi connectivity index (χ0n) is 10.3. The molecular formula is C14H15IN2O. The van der Waals surface area contributed by atoms with Gasteiger partial charge in [-0.2, -0.15) is 0 Å². The van der Waals surface area contributed by atoms with Gasteiger partial charge in [-0.1, -0.05) is 12.1 Å². The van der Waals surface area contributed by atoms with Gasteiger partial charge in [0.1, 0.15) is 6.61 Å². The molecule has 3 rings (SSSR count). The van der Waals surface area contributed by atoms with E-state index in [0.29, 0.717) is 12.5 Å². The van der Waals surface area contributed by atoms with Crippen molar-refractivity contribution >= 4 is 22.6 Å². The zero-order chi connectivity index (χ0) is 12.5. The van der Waals surface area contributed by atoms with Crippen molar-refractivity contribution in [2.45, 2.75) is 25.4 Å². The third kappa shape index (κ3) is 2.53. The summed E-state index contributed by atoms with van der Waals surface area (Å²) in [4.78, 5) is 0. The van der Waals surface area contributed by atoms with Crippen LogP contribution in [0.2, 0.25) is 0 Å². The number of hydrogen-bond acceptors (Lipinski definition) is 2. The van der Waals surface area contributed by atoms with Gasteiger partial charge >= 0.3 is 0 Å². The van der Waals surface area contributed by atoms with Gasteiger partial charge in [-0.25, -0.2) is 0 Å². The summed E-state index contributed by atoms with van der Waals surface area (Å²) < 4.78 is 8.82. The SMILES string of the molecule is Cn1ccc(OCc2c(I)cccc2C2CC2)n1. The summed E-state index contributed by atoms with van der Waals surface area (Å²) >= 11 is 2.39. The Kier molecular flexibility index (Phi) is 3.28. The van der Waals surface area contributed by atoms with Crippen LogP contribution in [0.4, 0.5) is 0 Å². The normalized spacial score (nSPS) is 14.8. The maximum Gasteiger partial charge on any atom is 0.233 e. The van der Waals surface area contributed by atoms with Crippen molar-refractivity contribution in [3.63, 3.8) is 0 Å². The lowest BCUT2D eigenvalue weighted by molar-refractivity contribution is 0.289. The summed E-state index contributed by atoms with van der Waals surface area (Å²) in [5.41, 5.74) is 2.78. The predicted molar refractivity (Wildman–Crippen MR) is 78.7 cm³/mol. The minimum atomic E-state index is 0.613. The summed E-state index contributed by atoms with van der Waals surface area (Å²) in [5, 5.41) is 4.24. The molecule has 3 nitrogen and oxygen atoms in total. The second-order valence-corrected chi connectivity index (χ2v) is 5.86. The molecule has 1 heterocycles. The van der Waals surface area contributed by atoms with Gasteiger partial charge in [-0.3, -0.25) is 4.68 Å². The first kappa shape index (κ1) is 12.0. The molecule has 0 radical (unpaired) electrons. The molecule has 1 aliphatic rings. The Hall–Kier alpha value is -1.04. The lowest BCUT2D eigenvalue weighted by atomic mass is 10.0. The number of nitrogens with zero attached hydrogens (tertiary/aromatic N) is 2. The summed E-state index contributed by atoms with van der Waals surface area (Å²) in [6.45, 7) is 0.613. The Labute approximate surface area is 120 Å². The van der Waals surface area contributed by atoms with Crippen LogP contribution in [0.15, 0.2) is 30.5 Å². The van der Waals surface area contributed by atoms with E-state index in [1.807, 2.05) is 19.3 Å². The lowest BCUT2D eigenvalue weighted by Gasteiger charge is -2.11. The van der Waals surface area contributed by atoms with Crippen molar-refractivity contribution in [3.8, 4) is 5.88 Å². The molecule has 18 heavy (non-hydrogen) atoms. The fourth-order valence-electron chi connectivity index (χ4n) is 2.12. The summed E-state index contributed by atoms with van der Waals surface area (Å²) in [6.07, 6.45) is 4.53. The Morgan fingerprint density at radius 1 is 1.39 bits per heavy atom. The van der Waals surface area contributed by atoms with E-state index in [9.17, 15) is 0 Å². The number of halogens is 1. The van der Waals surface area contributed by atoms with Crippen LogP contribution in [0, 0.1) is 3.57 Å². The van der Waals surface area contributed by atoms with Gasteiger partial charge in [0.05, 0.1) is 0 Å². The quantitative estimate of drug-likeness (QED) is 0.786. The van der Waals surface area contributed by atoms with E-state index in [1.54, 1.807) is 4.68 Å². The van der Waals surface area contributed by atoms with Crippen molar-refractivity contribution in [2.75, 3.05) is 0 Å². The van der Waals surface area contributed by atoms with Crippen LogP contribution < -0.4 is 4.74 Å². The largest absolute Gasteiger partial charge is 0.472 e. The van der Waals surface area contributed by atoms with E-state index in [2.05, 4.69) is 45.9 Å². The molecular weight excluding hydrogens is 339 g/mol. The second-order valence-electron chi connectivity index (χ2n) is 4.70. The first-order chi connectivity index (χ1) is 8.74. The molecule has 94 valence electrons. The van der Waals surface area contributed by atoms with E-state index in [4.69, 9.17) is 4.74 Å². The van der Waals surface area contributed by atoms with Crippen LogP contribution in [0.5, 0.6) is 5.88 Å². The highest BCUT2D eigenvalue weighted by molar-refractivity contribution is 14.1. The molecule has 0 spiro atoms. The Morgan fingerprint density at radius 3 is 2.89 bits per heavy atom. The van der Waals surface area contributed by atoms with Crippen LogP contribution in [0.25, 0.3) is 0 Å². The van der Waals surface area contributed by atoms with Crippen molar-refractivity contribution in [3.05, 3.63) is 45.2 Å². The smallest absolute Gasteiger partial charge is 0.233 e. The van der Waals surface area contributed by atoms with Crippen LogP contribution in [0.3, 0.4) is 0 Å². The Bertz CT molecular complexity index is 561. The number of benzene rings is 1. The first-order valence-electron chi connectivity index (χ1n) is 6.14. The van der Waals surface area contributed by atoms with Crippen LogP contribution in [-0.2, 0) is 13.7 Å². The molecule has 0 bridgehead atoms. The Balaban J connectivity index is 1.79. The van der Waals surface area contributed by atoms with Gasteiger partial charge in [0, 0.05) is 28.4 Å². The van der Waals surface area contributed by atoms with Gasteiger partial charge in [0.2, 0.25) is 5.88 Å². The molecule has 0 N–H and O–H groups in total. The molecule has 1 aliphatic carbocycles. The first-order valence-corrected chi connectivity index (χ1v) is 7.21. The van der Waals surface area contributed by atoms with E-state index in [0.717, 1.165) is 5.92 Å². The minimum Gasteiger partial charge on any atom is -0.472 e. The number of rotatable bonds is 4. The number of aromatic nitrogens is 2. The molecule has 2 aromatic rings. The summed E-state index contributed by atoms with van der Waals surface area (Å²) in [7, 11) is 1.90. The van der Waals surface area contributed by atoms with Crippen LogP contribution >= 0.6 is 22.6 Å². The van der Waals surface area contributed by atoms with Gasteiger partial charge in [0.25, 0.3) is 0 Å². The highest BCUT2D eigenvalue weighted by Gasteiger charge is 2.26. The summed E-state index contributed by atoms with van der Waals surface area (Å²) in [6, 6.07) is 8.41. The lowest BCUT2D eigenvalue weighted by Crippen LogP contribution is -2.03. The standard InChI is InChI=1S/C14H15IN2O/c1-17-8-7-14(16-17)18-9-12-11(10-5-6-10)3-2-4-13(12)15/h2-4,7-8,10H,5-6,9H2,1H3. The van der Waals surface area contributed by atoms with Gasteiger partial charge in [-0.05, 0) is 53.0 Å². The maximum absolute atomic E-state index is 5.78. The molecule has 1 aromatic carbocycles. The topological polar surface area (TPSA) is 27.1 Å². The molecule has 0 unspecified atom stereocenters. The highest BCUT2D eigenvalue weighted by atomic mass is 127. The molecule has 0 aliphatic heterocycles. The van der Waals surface area contributed by atoms with Crippen molar-refractivity contribution < 1.29 is 4.74 Å². The fraction of sp³-hybridized carbons (Fsp3) is 0.357. The van der Waals surface area contributed by atoms with E-state index >= 15 is 0 Å². The average Bonchev–Trinajstić information content (AvgIpc) is 3.11. The van der Waals surface area contributed by atoms with Gasteiger partial charge in [0.15, 0.2) is 0 Å². The number of ether oxygens (including phenoxy) is 1. The van der Waals surface area contributed by atoms with E-state index in [1.165, 1.54) is 27.5 Å². The predicted octanol–water partition coefficient (Wildman–Crippen LogP) is 3.48. The minimum absolute atomic E-state index is 0.613. The molecule has 4 heteroatoms. The fourth-order valence-corrected chi connectivity index (χ4v) is 2.80. The van der Waals surface area contributed by atoms with E-state index in [-0.39, 0.29) is 0 Å². The van der Waals surface area contributed by atoms with Crippen LogP contribution in [0.1, 0.15) is 29.9 Å². The third-order valence-corrected chi connectivity index (χ3v) is 4.24. The van der Waals surface area contributed by atoms with Gasteiger partial charge in [-0.15, -0.1) is 5.10 Å². The molecule has 0 atom stereocenters. The maximum atomic E-state index is 5.78. The van der Waals surface area contributed by atoms with E-state index < -0.39 is 0 Å². The monoisotopic (exact) mass is 354 g/mol. The molecule has 1 saturated carbocycles. The summed E-state index contributed by atoms with van der Waals surface area (Å²) in [5.74, 6) is 1.45. The van der Waals surface area contributed by atoms with Crippen molar-refractivity contribution in [1.82, 2.24) is 9.78 Å². The molecule has 0 saturated heterocycles. The molecule has 1 aromatic heterocycles.